The third kappa shape index (κ3) is 5.03. The van der Waals surface area contributed by atoms with Crippen LogP contribution in [0.1, 0.15) is 44.9 Å². The number of fused-ring (bicyclic) bond motifs is 3. The number of likely N-dealkylation sites (tertiary alicyclic amines) is 2. The molecule has 0 unspecified atom stereocenters. The Morgan fingerprint density at radius 2 is 1.79 bits per heavy atom. The molecule has 0 aromatic carbocycles. The Morgan fingerprint density at radius 1 is 1.00 bits per heavy atom. The van der Waals surface area contributed by atoms with Crippen molar-refractivity contribution >= 4 is 22.6 Å². The lowest BCUT2D eigenvalue weighted by Crippen LogP contribution is -2.47. The molecule has 182 valence electrons. The summed E-state index contributed by atoms with van der Waals surface area (Å²) in [6.07, 6.45) is 11.4. The van der Waals surface area contributed by atoms with Crippen LogP contribution in [0.3, 0.4) is 0 Å². The molecule has 0 saturated carbocycles. The van der Waals surface area contributed by atoms with Crippen molar-refractivity contribution in [3.8, 4) is 0 Å². The average molecular weight is 465 g/mol. The second kappa shape index (κ2) is 10.7. The maximum absolute atomic E-state index is 12.9. The molecule has 5 rings (SSSR count). The maximum Gasteiger partial charge on any atom is 0.276 e. The van der Waals surface area contributed by atoms with Crippen molar-refractivity contribution in [1.82, 2.24) is 29.1 Å². The fourth-order valence-corrected chi connectivity index (χ4v) is 5.62. The van der Waals surface area contributed by atoms with E-state index in [0.717, 1.165) is 24.5 Å². The van der Waals surface area contributed by atoms with Gasteiger partial charge in [-0.05, 0) is 89.1 Å². The first kappa shape index (κ1) is 23.1. The summed E-state index contributed by atoms with van der Waals surface area (Å²) in [7, 11) is 0. The Morgan fingerprint density at radius 3 is 2.62 bits per heavy atom. The van der Waals surface area contributed by atoms with Gasteiger partial charge in [0, 0.05) is 37.9 Å². The number of aryl methyl sites for hydroxylation is 1. The Labute approximate surface area is 200 Å². The predicted octanol–water partition coefficient (Wildman–Crippen LogP) is 2.50. The van der Waals surface area contributed by atoms with Crippen molar-refractivity contribution in [3.05, 3.63) is 47.0 Å². The van der Waals surface area contributed by atoms with Crippen LogP contribution in [0.2, 0.25) is 0 Å². The highest BCUT2D eigenvalue weighted by Gasteiger charge is 2.25. The summed E-state index contributed by atoms with van der Waals surface area (Å²) < 4.78 is 3.48. The van der Waals surface area contributed by atoms with Crippen LogP contribution < -0.4 is 10.9 Å². The fraction of sp³-hybridized carbons (Fsp3) is 0.577. The van der Waals surface area contributed by atoms with Gasteiger partial charge in [0.05, 0.1) is 5.52 Å². The highest BCUT2D eigenvalue weighted by atomic mass is 16.2. The van der Waals surface area contributed by atoms with Crippen LogP contribution in [-0.2, 0) is 11.3 Å². The van der Waals surface area contributed by atoms with Crippen molar-refractivity contribution in [3.63, 3.8) is 0 Å². The van der Waals surface area contributed by atoms with Gasteiger partial charge in [0.15, 0.2) is 5.65 Å². The van der Waals surface area contributed by atoms with Crippen LogP contribution in [0.4, 0.5) is 0 Å². The zero-order chi connectivity index (χ0) is 23.3. The van der Waals surface area contributed by atoms with Crippen molar-refractivity contribution in [2.24, 2.45) is 0 Å². The smallest absolute Gasteiger partial charge is 0.276 e. The summed E-state index contributed by atoms with van der Waals surface area (Å²) in [5.41, 5.74) is 1.96. The SMILES string of the molecule is O=C(CCn1c(=O)c2cccn2c2cccnc21)NCCCN1CCC(N2CCCCC2)CC1. The van der Waals surface area contributed by atoms with Crippen LogP contribution >= 0.6 is 0 Å². The van der Waals surface area contributed by atoms with Gasteiger partial charge in [0.25, 0.3) is 5.56 Å². The monoisotopic (exact) mass is 464 g/mol. The molecule has 1 amide bonds. The summed E-state index contributed by atoms with van der Waals surface area (Å²) in [5, 5.41) is 3.04. The Kier molecular flexibility index (Phi) is 7.25. The average Bonchev–Trinajstić information content (AvgIpc) is 3.38. The number of carbonyl (C=O) groups excluding carboxylic acids is 1. The van der Waals surface area contributed by atoms with Gasteiger partial charge in [0.2, 0.25) is 5.91 Å². The van der Waals surface area contributed by atoms with E-state index in [1.54, 1.807) is 16.8 Å². The number of aromatic nitrogens is 3. The molecule has 3 aromatic heterocycles. The molecule has 8 heteroatoms. The first-order chi connectivity index (χ1) is 16.7. The number of nitrogens with one attached hydrogen (secondary N) is 1. The molecule has 34 heavy (non-hydrogen) atoms. The number of hydrogen-bond donors (Lipinski definition) is 1. The van der Waals surface area contributed by atoms with E-state index in [2.05, 4.69) is 20.1 Å². The van der Waals surface area contributed by atoms with Crippen LogP contribution in [0, 0.1) is 0 Å². The van der Waals surface area contributed by atoms with E-state index in [0.29, 0.717) is 24.3 Å². The minimum absolute atomic E-state index is 0.0185. The lowest BCUT2D eigenvalue weighted by molar-refractivity contribution is -0.121. The minimum atomic E-state index is -0.114. The molecule has 0 atom stereocenters. The Bertz CT molecular complexity index is 1170. The molecular formula is C26H36N6O2. The van der Waals surface area contributed by atoms with E-state index in [9.17, 15) is 9.59 Å². The summed E-state index contributed by atoms with van der Waals surface area (Å²) in [5.74, 6) is -0.0185. The second-order valence-corrected chi connectivity index (χ2v) is 9.69. The van der Waals surface area contributed by atoms with Crippen LogP contribution in [0.15, 0.2) is 41.5 Å². The molecule has 1 N–H and O–H groups in total. The second-order valence-electron chi connectivity index (χ2n) is 9.69. The molecule has 3 aromatic rings. The third-order valence-corrected chi connectivity index (χ3v) is 7.49. The standard InChI is InChI=1S/C26H36N6O2/c33-24(27-13-6-14-29-18-9-21(10-19-29)30-15-2-1-3-16-30)11-20-32-25-22(7-4-12-28-25)31-17-5-8-23(31)26(32)34/h4-5,7-8,12,17,21H,1-3,6,9-11,13-16,18-20H2,(H,27,33). The highest BCUT2D eigenvalue weighted by molar-refractivity contribution is 5.77. The van der Waals surface area contributed by atoms with Gasteiger partial charge in [-0.3, -0.25) is 14.2 Å². The number of hydrogen-bond acceptors (Lipinski definition) is 5. The molecule has 2 fully saturated rings. The topological polar surface area (TPSA) is 74.9 Å². The molecule has 2 aliphatic heterocycles. The number of piperidine rings is 2. The largest absolute Gasteiger partial charge is 0.356 e. The third-order valence-electron chi connectivity index (χ3n) is 7.49. The van der Waals surface area contributed by atoms with Crippen LogP contribution in [0.5, 0.6) is 0 Å². The van der Waals surface area contributed by atoms with Gasteiger partial charge in [-0.25, -0.2) is 4.98 Å². The zero-order valence-electron chi connectivity index (χ0n) is 20.0. The number of amides is 1. The van der Waals surface area contributed by atoms with Crippen molar-refractivity contribution in [1.29, 1.82) is 0 Å². The van der Waals surface area contributed by atoms with Gasteiger partial charge < -0.3 is 19.5 Å². The van der Waals surface area contributed by atoms with Gasteiger partial charge in [-0.1, -0.05) is 6.42 Å². The summed E-state index contributed by atoms with van der Waals surface area (Å²) >= 11 is 0. The zero-order valence-corrected chi connectivity index (χ0v) is 20.0. The number of nitrogens with zero attached hydrogens (tertiary/aromatic N) is 5. The summed E-state index contributed by atoms with van der Waals surface area (Å²) in [6.45, 7) is 6.94. The van der Waals surface area contributed by atoms with E-state index in [1.165, 1.54) is 58.3 Å². The van der Waals surface area contributed by atoms with E-state index in [1.807, 2.05) is 28.8 Å². The fourth-order valence-electron chi connectivity index (χ4n) is 5.62. The highest BCUT2D eigenvalue weighted by Crippen LogP contribution is 2.20. The van der Waals surface area contributed by atoms with E-state index < -0.39 is 0 Å². The lowest BCUT2D eigenvalue weighted by Gasteiger charge is -2.40. The molecule has 2 aliphatic rings. The lowest BCUT2D eigenvalue weighted by atomic mass is 10.00. The Balaban J connectivity index is 1.06. The van der Waals surface area contributed by atoms with Crippen LogP contribution in [-0.4, -0.2) is 75.0 Å². The first-order valence-corrected chi connectivity index (χ1v) is 12.9. The minimum Gasteiger partial charge on any atom is -0.356 e. The molecule has 5 heterocycles. The van der Waals surface area contributed by atoms with E-state index in [4.69, 9.17) is 0 Å². The number of carbonyl (C=O) groups is 1. The summed E-state index contributed by atoms with van der Waals surface area (Å²) in [6, 6.07) is 8.24. The molecule has 0 spiro atoms. The number of rotatable bonds is 8. The van der Waals surface area contributed by atoms with E-state index >= 15 is 0 Å². The molecule has 0 aliphatic carbocycles. The van der Waals surface area contributed by atoms with Crippen molar-refractivity contribution in [2.75, 3.05) is 39.3 Å². The van der Waals surface area contributed by atoms with Gasteiger partial charge >= 0.3 is 0 Å². The number of pyridine rings is 1. The Hall–Kier alpha value is -2.71. The molecule has 2 saturated heterocycles. The van der Waals surface area contributed by atoms with E-state index in [-0.39, 0.29) is 17.9 Å². The maximum atomic E-state index is 12.9. The normalized spacial score (nSPS) is 18.6. The van der Waals surface area contributed by atoms with Gasteiger partial charge in [-0.15, -0.1) is 0 Å². The predicted molar refractivity (Wildman–Crippen MR) is 134 cm³/mol. The van der Waals surface area contributed by atoms with Crippen molar-refractivity contribution in [2.45, 2.75) is 57.5 Å². The van der Waals surface area contributed by atoms with Crippen molar-refractivity contribution < 1.29 is 4.79 Å². The molecular weight excluding hydrogens is 428 g/mol. The van der Waals surface area contributed by atoms with Gasteiger partial charge in [-0.2, -0.15) is 0 Å². The molecule has 8 nitrogen and oxygen atoms in total. The molecule has 0 bridgehead atoms. The first-order valence-electron chi connectivity index (χ1n) is 12.9. The molecule has 0 radical (unpaired) electrons. The quantitative estimate of drug-likeness (QED) is 0.519. The van der Waals surface area contributed by atoms with Gasteiger partial charge in [0.1, 0.15) is 5.52 Å². The van der Waals surface area contributed by atoms with Crippen LogP contribution in [0.25, 0.3) is 16.7 Å². The summed E-state index contributed by atoms with van der Waals surface area (Å²) in [4.78, 5) is 35.1.